The van der Waals surface area contributed by atoms with Gasteiger partial charge >= 0.3 is 17.8 Å². The largest absolute Gasteiger partial charge is 0.477 e. The van der Waals surface area contributed by atoms with E-state index in [4.69, 9.17) is 11.6 Å². The number of hydrogen-bond acceptors (Lipinski definition) is 4. The van der Waals surface area contributed by atoms with Crippen molar-refractivity contribution in [1.82, 2.24) is 9.13 Å². The molecular formula is C26H22ClF3N2O5. The zero-order valence-electron chi connectivity index (χ0n) is 20.0. The van der Waals surface area contributed by atoms with E-state index in [1.54, 1.807) is 26.0 Å². The van der Waals surface area contributed by atoms with Gasteiger partial charge in [-0.2, -0.15) is 13.2 Å². The van der Waals surface area contributed by atoms with Gasteiger partial charge < -0.3 is 5.11 Å². The SMILES string of the molecule is CCC1C(=O)C(C)(C)c2ccc(-n3cc(C(=O)O)c(=O)n(Cc4cccc(C(F)(F)F)c4Cl)c3=O)cc21. The Morgan fingerprint density at radius 3 is 2.41 bits per heavy atom. The zero-order valence-corrected chi connectivity index (χ0v) is 20.8. The lowest BCUT2D eigenvalue weighted by Crippen LogP contribution is -2.42. The van der Waals surface area contributed by atoms with E-state index < -0.39 is 57.4 Å². The number of carbonyl (C=O) groups is 2. The highest BCUT2D eigenvalue weighted by molar-refractivity contribution is 6.32. The van der Waals surface area contributed by atoms with Crippen molar-refractivity contribution in [3.63, 3.8) is 0 Å². The molecule has 1 aliphatic rings. The maximum atomic E-state index is 13.4. The third-order valence-corrected chi connectivity index (χ3v) is 7.26. The first kappa shape index (κ1) is 26.4. The summed E-state index contributed by atoms with van der Waals surface area (Å²) in [6.45, 7) is 4.78. The van der Waals surface area contributed by atoms with Crippen molar-refractivity contribution in [2.75, 3.05) is 0 Å². The highest BCUT2D eigenvalue weighted by Crippen LogP contribution is 2.45. The molecule has 0 bridgehead atoms. The molecule has 1 N–H and O–H groups in total. The fourth-order valence-corrected chi connectivity index (χ4v) is 5.13. The average Bonchev–Trinajstić information content (AvgIpc) is 3.01. The second-order valence-electron chi connectivity index (χ2n) is 9.39. The number of hydrogen-bond donors (Lipinski definition) is 1. The van der Waals surface area contributed by atoms with E-state index in [9.17, 15) is 37.5 Å². The van der Waals surface area contributed by atoms with E-state index in [-0.39, 0.29) is 17.0 Å². The first-order chi connectivity index (χ1) is 17.2. The number of carboxylic acid groups (broad SMARTS) is 1. The van der Waals surface area contributed by atoms with E-state index in [0.29, 0.717) is 16.6 Å². The molecule has 1 atom stereocenters. The molecule has 0 saturated heterocycles. The molecule has 0 aliphatic heterocycles. The summed E-state index contributed by atoms with van der Waals surface area (Å²) < 4.78 is 41.4. The fourth-order valence-electron chi connectivity index (χ4n) is 4.84. The highest BCUT2D eigenvalue weighted by atomic mass is 35.5. The molecule has 1 aliphatic carbocycles. The van der Waals surface area contributed by atoms with E-state index in [1.165, 1.54) is 12.1 Å². The molecule has 0 radical (unpaired) electrons. The van der Waals surface area contributed by atoms with Crippen molar-refractivity contribution in [3.05, 3.63) is 96.3 Å². The predicted molar refractivity (Wildman–Crippen MR) is 130 cm³/mol. The maximum absolute atomic E-state index is 13.4. The summed E-state index contributed by atoms with van der Waals surface area (Å²) in [7, 11) is 0. The third-order valence-electron chi connectivity index (χ3n) is 6.82. The van der Waals surface area contributed by atoms with Gasteiger partial charge in [0.05, 0.1) is 22.8 Å². The summed E-state index contributed by atoms with van der Waals surface area (Å²) in [4.78, 5) is 51.1. The minimum Gasteiger partial charge on any atom is -0.477 e. The Balaban J connectivity index is 1.92. The van der Waals surface area contributed by atoms with Crippen LogP contribution in [0.4, 0.5) is 13.2 Å². The van der Waals surface area contributed by atoms with Crippen molar-refractivity contribution in [3.8, 4) is 5.69 Å². The van der Waals surface area contributed by atoms with Gasteiger partial charge in [0.25, 0.3) is 5.56 Å². The summed E-state index contributed by atoms with van der Waals surface area (Å²) in [5.74, 6) is -2.02. The number of ketones is 1. The van der Waals surface area contributed by atoms with Crippen LogP contribution in [0.5, 0.6) is 0 Å². The summed E-state index contributed by atoms with van der Waals surface area (Å²) in [5, 5.41) is 8.92. The van der Waals surface area contributed by atoms with E-state index in [0.717, 1.165) is 28.5 Å². The Morgan fingerprint density at radius 2 is 1.81 bits per heavy atom. The molecule has 0 fully saturated rings. The second-order valence-corrected chi connectivity index (χ2v) is 9.77. The Kier molecular flexibility index (Phi) is 6.44. The number of benzene rings is 2. The van der Waals surface area contributed by atoms with Gasteiger partial charge in [-0.1, -0.05) is 36.7 Å². The second kappa shape index (κ2) is 9.02. The van der Waals surface area contributed by atoms with E-state index in [1.807, 2.05) is 6.92 Å². The molecule has 11 heteroatoms. The standard InChI is InChI=1S/C26H22ClF3N2O5/c1-4-15-16-10-14(8-9-18(16)25(2,3)21(15)33)31-12-17(23(35)36)22(34)32(24(31)37)11-13-6-5-7-19(20(13)27)26(28,29)30/h5-10,12,15H,4,11H2,1-3H3,(H,35,36). The molecule has 1 aromatic heterocycles. The minimum atomic E-state index is -4.77. The number of alkyl halides is 3. The van der Waals surface area contributed by atoms with Gasteiger partial charge in [-0.3, -0.25) is 18.7 Å². The summed E-state index contributed by atoms with van der Waals surface area (Å²) in [5.41, 5.74) is -3.31. The molecule has 1 heterocycles. The molecule has 0 amide bonds. The first-order valence-electron chi connectivity index (χ1n) is 11.3. The number of fused-ring (bicyclic) bond motifs is 1. The third kappa shape index (κ3) is 4.29. The van der Waals surface area contributed by atoms with Crippen molar-refractivity contribution in [1.29, 1.82) is 0 Å². The van der Waals surface area contributed by atoms with Crippen LogP contribution in [0.1, 0.15) is 65.7 Å². The predicted octanol–water partition coefficient (Wildman–Crippen LogP) is 4.77. The molecule has 7 nitrogen and oxygen atoms in total. The van der Waals surface area contributed by atoms with Gasteiger partial charge in [-0.15, -0.1) is 0 Å². The number of rotatable bonds is 5. The Bertz CT molecular complexity index is 1570. The number of Topliss-reactive ketones (excluding diaryl/α,β-unsaturated/α-hetero) is 1. The van der Waals surface area contributed by atoms with Crippen molar-refractivity contribution in [2.24, 2.45) is 0 Å². The minimum absolute atomic E-state index is 0.0184. The number of carboxylic acids is 1. The Labute approximate surface area is 213 Å². The van der Waals surface area contributed by atoms with Gasteiger partial charge in [0, 0.05) is 17.5 Å². The normalized spacial score (nSPS) is 16.6. The highest BCUT2D eigenvalue weighted by Gasteiger charge is 2.44. The van der Waals surface area contributed by atoms with Crippen LogP contribution in [0.3, 0.4) is 0 Å². The van der Waals surface area contributed by atoms with Gasteiger partial charge in [0.1, 0.15) is 11.3 Å². The fraction of sp³-hybridized carbons (Fsp3) is 0.308. The molecule has 1 unspecified atom stereocenters. The van der Waals surface area contributed by atoms with Gasteiger partial charge in [0.2, 0.25) is 0 Å². The van der Waals surface area contributed by atoms with Gasteiger partial charge in [-0.05, 0) is 55.2 Å². The molecular weight excluding hydrogens is 513 g/mol. The smallest absolute Gasteiger partial charge is 0.417 e. The quantitative estimate of drug-likeness (QED) is 0.508. The molecule has 2 aromatic carbocycles. The lowest BCUT2D eigenvalue weighted by Gasteiger charge is -2.18. The first-order valence-corrected chi connectivity index (χ1v) is 11.7. The van der Waals surface area contributed by atoms with Crippen LogP contribution >= 0.6 is 11.6 Å². The van der Waals surface area contributed by atoms with Crippen molar-refractivity contribution >= 4 is 23.4 Å². The maximum Gasteiger partial charge on any atom is 0.417 e. The Morgan fingerprint density at radius 1 is 1.14 bits per heavy atom. The van der Waals surface area contributed by atoms with Crippen LogP contribution in [0.15, 0.2) is 52.2 Å². The number of nitrogens with zero attached hydrogens (tertiary/aromatic N) is 2. The van der Waals surface area contributed by atoms with Crippen molar-refractivity contribution < 1.29 is 27.9 Å². The van der Waals surface area contributed by atoms with Crippen LogP contribution in [0.2, 0.25) is 5.02 Å². The molecule has 3 aromatic rings. The summed E-state index contributed by atoms with van der Waals surface area (Å²) >= 11 is 5.95. The lowest BCUT2D eigenvalue weighted by molar-refractivity contribution is -0.137. The van der Waals surface area contributed by atoms with Gasteiger partial charge in [0.15, 0.2) is 0 Å². The van der Waals surface area contributed by atoms with E-state index in [2.05, 4.69) is 0 Å². The number of carbonyl (C=O) groups excluding carboxylic acids is 1. The zero-order chi connectivity index (χ0) is 27.4. The van der Waals surface area contributed by atoms with Crippen LogP contribution in [-0.4, -0.2) is 26.0 Å². The molecule has 4 rings (SSSR count). The number of aromatic carboxylic acids is 1. The lowest BCUT2D eigenvalue weighted by atomic mass is 9.84. The molecule has 0 saturated carbocycles. The number of halogens is 4. The van der Waals surface area contributed by atoms with E-state index >= 15 is 0 Å². The number of aromatic nitrogens is 2. The van der Waals surface area contributed by atoms with Crippen LogP contribution in [0.25, 0.3) is 5.69 Å². The molecule has 194 valence electrons. The summed E-state index contributed by atoms with van der Waals surface area (Å²) in [6.07, 6.45) is -3.38. The average molecular weight is 535 g/mol. The van der Waals surface area contributed by atoms with Crippen molar-refractivity contribution in [2.45, 2.75) is 51.2 Å². The monoisotopic (exact) mass is 534 g/mol. The Hall–Kier alpha value is -3.66. The summed E-state index contributed by atoms with van der Waals surface area (Å²) in [6, 6.07) is 7.89. The topological polar surface area (TPSA) is 98.4 Å². The molecule has 0 spiro atoms. The van der Waals surface area contributed by atoms with Crippen LogP contribution in [-0.2, 0) is 22.9 Å². The van der Waals surface area contributed by atoms with Crippen LogP contribution < -0.4 is 11.2 Å². The molecule has 37 heavy (non-hydrogen) atoms. The van der Waals surface area contributed by atoms with Gasteiger partial charge in [-0.25, -0.2) is 9.59 Å². The van der Waals surface area contributed by atoms with Crippen LogP contribution in [0, 0.1) is 0 Å².